The van der Waals surface area contributed by atoms with Crippen LogP contribution in [0.4, 0.5) is 10.5 Å². The fourth-order valence-corrected chi connectivity index (χ4v) is 3.12. The fourth-order valence-electron chi connectivity index (χ4n) is 3.12. The summed E-state index contributed by atoms with van der Waals surface area (Å²) in [5, 5.41) is 10.7. The number of rotatable bonds is 2. The van der Waals surface area contributed by atoms with Crippen LogP contribution in [-0.2, 0) is 17.6 Å². The Balaban J connectivity index is 1.42. The van der Waals surface area contributed by atoms with Gasteiger partial charge in [0.2, 0.25) is 11.8 Å². The highest BCUT2D eigenvalue weighted by atomic mass is 16.5. The van der Waals surface area contributed by atoms with Crippen molar-refractivity contribution in [1.82, 2.24) is 20.1 Å². The molecule has 0 saturated carbocycles. The van der Waals surface area contributed by atoms with Crippen molar-refractivity contribution in [2.75, 3.05) is 25.0 Å². The molecule has 8 heteroatoms. The van der Waals surface area contributed by atoms with E-state index < -0.39 is 0 Å². The molecule has 1 atom stereocenters. The first kappa shape index (κ1) is 15.1. The summed E-state index contributed by atoms with van der Waals surface area (Å²) in [6.45, 7) is 3.06. The largest absolute Gasteiger partial charge is 0.423 e. The van der Waals surface area contributed by atoms with Crippen LogP contribution in [0.1, 0.15) is 35.6 Å². The number of hydrogen-bond donors (Lipinski definition) is 1. The van der Waals surface area contributed by atoms with E-state index in [4.69, 9.17) is 9.15 Å². The average molecular weight is 329 g/mol. The zero-order chi connectivity index (χ0) is 16.5. The number of morpholine rings is 1. The number of amides is 2. The third-order valence-corrected chi connectivity index (χ3v) is 4.34. The Morgan fingerprint density at radius 3 is 3.12 bits per heavy atom. The molecule has 0 unspecified atom stereocenters. The van der Waals surface area contributed by atoms with Crippen molar-refractivity contribution < 1.29 is 13.9 Å². The average Bonchev–Trinajstić information content (AvgIpc) is 3.23. The van der Waals surface area contributed by atoms with Crippen LogP contribution in [0.5, 0.6) is 0 Å². The predicted octanol–water partition coefficient (Wildman–Crippen LogP) is 1.87. The molecular weight excluding hydrogens is 310 g/mol. The Morgan fingerprint density at radius 2 is 2.29 bits per heavy atom. The maximum absolute atomic E-state index is 12.5. The van der Waals surface area contributed by atoms with Crippen molar-refractivity contribution in [3.8, 4) is 0 Å². The van der Waals surface area contributed by atoms with E-state index in [2.05, 4.69) is 20.5 Å². The molecule has 0 bridgehead atoms. The second-order valence-corrected chi connectivity index (χ2v) is 6.08. The molecule has 1 saturated heterocycles. The summed E-state index contributed by atoms with van der Waals surface area (Å²) < 4.78 is 11.0. The maximum atomic E-state index is 12.5. The molecule has 1 N–H and O–H groups in total. The zero-order valence-corrected chi connectivity index (χ0v) is 13.5. The molecular formula is C16H19N5O3. The number of ether oxygens (including phenoxy) is 1. The van der Waals surface area contributed by atoms with Crippen LogP contribution < -0.4 is 5.32 Å². The molecule has 2 aromatic rings. The van der Waals surface area contributed by atoms with Gasteiger partial charge >= 0.3 is 6.03 Å². The monoisotopic (exact) mass is 329 g/mol. The number of fused-ring (bicyclic) bond motifs is 1. The van der Waals surface area contributed by atoms with Crippen LogP contribution in [0.3, 0.4) is 0 Å². The zero-order valence-electron chi connectivity index (χ0n) is 13.5. The van der Waals surface area contributed by atoms with Gasteiger partial charge in [0.1, 0.15) is 0 Å². The van der Waals surface area contributed by atoms with E-state index in [1.54, 1.807) is 18.0 Å². The van der Waals surface area contributed by atoms with Gasteiger partial charge in [0.15, 0.2) is 6.10 Å². The van der Waals surface area contributed by atoms with Crippen molar-refractivity contribution in [3.63, 3.8) is 0 Å². The number of carbonyl (C=O) groups excluding carboxylic acids is 1. The van der Waals surface area contributed by atoms with Gasteiger partial charge in [-0.25, -0.2) is 4.79 Å². The molecule has 4 rings (SSSR count). The third-order valence-electron chi connectivity index (χ3n) is 4.34. The van der Waals surface area contributed by atoms with Gasteiger partial charge in [0.05, 0.1) is 25.0 Å². The molecule has 0 spiro atoms. The van der Waals surface area contributed by atoms with Gasteiger partial charge in [-0.15, -0.1) is 10.2 Å². The number of hydrogen-bond acceptors (Lipinski definition) is 6. The minimum atomic E-state index is -0.385. The smallest absolute Gasteiger partial charge is 0.322 e. The topological polar surface area (TPSA) is 93.4 Å². The minimum absolute atomic E-state index is 0.167. The van der Waals surface area contributed by atoms with E-state index in [1.807, 2.05) is 6.07 Å². The molecule has 2 aromatic heterocycles. The molecule has 0 aromatic carbocycles. The lowest BCUT2D eigenvalue weighted by Gasteiger charge is -2.31. The van der Waals surface area contributed by atoms with Gasteiger partial charge in [-0.2, -0.15) is 0 Å². The summed E-state index contributed by atoms with van der Waals surface area (Å²) >= 11 is 0. The third kappa shape index (κ3) is 2.96. The minimum Gasteiger partial charge on any atom is -0.423 e. The molecule has 1 aliphatic heterocycles. The van der Waals surface area contributed by atoms with Crippen LogP contribution in [0.2, 0.25) is 0 Å². The van der Waals surface area contributed by atoms with Crippen molar-refractivity contribution in [2.24, 2.45) is 0 Å². The first-order chi connectivity index (χ1) is 11.7. The summed E-state index contributed by atoms with van der Waals surface area (Å²) in [6.07, 6.45) is 4.53. The normalized spacial score (nSPS) is 20.0. The lowest BCUT2D eigenvalue weighted by atomic mass is 10.2. The maximum Gasteiger partial charge on any atom is 0.322 e. The van der Waals surface area contributed by atoms with Crippen LogP contribution in [0.15, 0.2) is 16.7 Å². The van der Waals surface area contributed by atoms with Gasteiger partial charge in [0.25, 0.3) is 0 Å². The van der Waals surface area contributed by atoms with Crippen molar-refractivity contribution >= 4 is 11.7 Å². The van der Waals surface area contributed by atoms with Gasteiger partial charge < -0.3 is 19.4 Å². The number of anilines is 1. The van der Waals surface area contributed by atoms with Crippen LogP contribution in [0, 0.1) is 6.92 Å². The van der Waals surface area contributed by atoms with Gasteiger partial charge in [-0.05, 0) is 30.9 Å². The Kier molecular flexibility index (Phi) is 3.89. The summed E-state index contributed by atoms with van der Waals surface area (Å²) in [7, 11) is 0. The van der Waals surface area contributed by atoms with Gasteiger partial charge in [0, 0.05) is 19.2 Å². The second-order valence-electron chi connectivity index (χ2n) is 6.08. The number of urea groups is 1. The van der Waals surface area contributed by atoms with E-state index in [0.29, 0.717) is 31.5 Å². The molecule has 8 nitrogen and oxygen atoms in total. The lowest BCUT2D eigenvalue weighted by Crippen LogP contribution is -2.44. The molecule has 1 fully saturated rings. The van der Waals surface area contributed by atoms with E-state index in [0.717, 1.165) is 30.6 Å². The molecule has 1 aliphatic carbocycles. The number of nitrogens with one attached hydrogen (secondary N) is 1. The van der Waals surface area contributed by atoms with Crippen molar-refractivity contribution in [2.45, 2.75) is 32.3 Å². The van der Waals surface area contributed by atoms with Gasteiger partial charge in [-0.3, -0.25) is 4.98 Å². The second kappa shape index (κ2) is 6.20. The number of aryl methyl sites for hydroxylation is 3. The molecule has 2 amide bonds. The lowest BCUT2D eigenvalue weighted by molar-refractivity contribution is -0.0274. The van der Waals surface area contributed by atoms with Crippen LogP contribution >= 0.6 is 0 Å². The number of pyridine rings is 1. The fraction of sp³-hybridized carbons (Fsp3) is 0.500. The van der Waals surface area contributed by atoms with Crippen molar-refractivity contribution in [1.29, 1.82) is 0 Å². The summed E-state index contributed by atoms with van der Waals surface area (Å²) in [4.78, 5) is 18.6. The molecule has 24 heavy (non-hydrogen) atoms. The van der Waals surface area contributed by atoms with E-state index in [-0.39, 0.29) is 12.1 Å². The quantitative estimate of drug-likeness (QED) is 0.904. The van der Waals surface area contributed by atoms with E-state index in [1.165, 1.54) is 5.56 Å². The Bertz CT molecular complexity index is 760. The highest BCUT2D eigenvalue weighted by Crippen LogP contribution is 2.24. The summed E-state index contributed by atoms with van der Waals surface area (Å²) in [5.41, 5.74) is 3.11. The standard InChI is InChI=1S/C16H19N5O3/c1-10-19-20-15(24-10)14-9-21(5-6-23-14)16(22)18-12-7-11-3-2-4-13(11)17-8-12/h7-8,14H,2-6,9H2,1H3,(H,18,22)/t14-/m1/s1. The Morgan fingerprint density at radius 1 is 1.38 bits per heavy atom. The van der Waals surface area contributed by atoms with Crippen molar-refractivity contribution in [3.05, 3.63) is 35.3 Å². The SMILES string of the molecule is Cc1nnc([C@H]2CN(C(=O)Nc3cnc4c(c3)CCC4)CCO2)o1. The molecule has 126 valence electrons. The molecule has 3 heterocycles. The van der Waals surface area contributed by atoms with Crippen LogP contribution in [-0.4, -0.2) is 45.8 Å². The molecule has 0 radical (unpaired) electrons. The Hall–Kier alpha value is -2.48. The van der Waals surface area contributed by atoms with Crippen LogP contribution in [0.25, 0.3) is 0 Å². The molecule has 2 aliphatic rings. The summed E-state index contributed by atoms with van der Waals surface area (Å²) in [6, 6.07) is 1.85. The first-order valence-corrected chi connectivity index (χ1v) is 8.14. The summed E-state index contributed by atoms with van der Waals surface area (Å²) in [5.74, 6) is 0.892. The van der Waals surface area contributed by atoms with E-state index in [9.17, 15) is 4.79 Å². The number of aromatic nitrogens is 3. The Labute approximate surface area is 139 Å². The highest BCUT2D eigenvalue weighted by molar-refractivity contribution is 5.89. The first-order valence-electron chi connectivity index (χ1n) is 8.14. The van der Waals surface area contributed by atoms with Gasteiger partial charge in [-0.1, -0.05) is 0 Å². The number of carbonyl (C=O) groups is 1. The van der Waals surface area contributed by atoms with E-state index >= 15 is 0 Å². The predicted molar refractivity (Wildman–Crippen MR) is 84.6 cm³/mol. The highest BCUT2D eigenvalue weighted by Gasteiger charge is 2.29. The number of nitrogens with zero attached hydrogens (tertiary/aromatic N) is 4.